The van der Waals surface area contributed by atoms with E-state index in [1.807, 2.05) is 6.92 Å². The number of hydrogen-bond donors (Lipinski definition) is 0. The molecule has 0 radical (unpaired) electrons. The summed E-state index contributed by atoms with van der Waals surface area (Å²) >= 11 is 12.2. The van der Waals surface area contributed by atoms with Gasteiger partial charge in [-0.25, -0.2) is 0 Å². The van der Waals surface area contributed by atoms with Crippen LogP contribution in [0.2, 0.25) is 10.0 Å². The molecule has 0 unspecified atom stereocenters. The second-order valence-corrected chi connectivity index (χ2v) is 5.44. The second kappa shape index (κ2) is 6.50. The Morgan fingerprint density at radius 2 is 2.10 bits per heavy atom. The Bertz CT molecular complexity index is 681. The molecule has 1 heterocycles. The van der Waals surface area contributed by atoms with Gasteiger partial charge in [-0.1, -0.05) is 30.1 Å². The van der Waals surface area contributed by atoms with Crippen molar-refractivity contribution in [1.29, 1.82) is 0 Å². The average molecular weight is 327 g/mol. The Labute approximate surface area is 133 Å². The number of ether oxygens (including phenoxy) is 1. The molecule has 2 rings (SSSR count). The summed E-state index contributed by atoms with van der Waals surface area (Å²) in [4.78, 5) is 12.5. The van der Waals surface area contributed by atoms with Crippen LogP contribution in [0.1, 0.15) is 28.7 Å². The summed E-state index contributed by atoms with van der Waals surface area (Å²) in [5.41, 5.74) is 1.93. The Morgan fingerprint density at radius 3 is 2.67 bits per heavy atom. The number of ketones is 1. The number of carbonyl (C=O) groups is 1. The number of rotatable bonds is 5. The number of Topliss-reactive ketones (excluding diaryl/α,β-unsaturated/α-hetero) is 1. The van der Waals surface area contributed by atoms with Crippen molar-refractivity contribution in [3.05, 3.63) is 45.2 Å². The van der Waals surface area contributed by atoms with Crippen molar-refractivity contribution in [2.75, 3.05) is 7.11 Å². The molecule has 21 heavy (non-hydrogen) atoms. The van der Waals surface area contributed by atoms with Gasteiger partial charge < -0.3 is 4.74 Å². The predicted octanol–water partition coefficient (Wildman–Crippen LogP) is 3.72. The van der Waals surface area contributed by atoms with E-state index in [9.17, 15) is 4.79 Å². The van der Waals surface area contributed by atoms with Crippen molar-refractivity contribution >= 4 is 29.0 Å². The molecule has 1 aromatic heterocycles. The molecule has 0 aliphatic carbocycles. The van der Waals surface area contributed by atoms with Crippen LogP contribution in [0.4, 0.5) is 0 Å². The molecule has 0 spiro atoms. The Morgan fingerprint density at radius 1 is 1.38 bits per heavy atom. The maximum absolute atomic E-state index is 12.5. The molecule has 112 valence electrons. The van der Waals surface area contributed by atoms with Crippen molar-refractivity contribution in [2.45, 2.75) is 19.8 Å². The minimum absolute atomic E-state index is 0.109. The first-order valence-electron chi connectivity index (χ1n) is 6.54. The molecule has 0 saturated heterocycles. The van der Waals surface area contributed by atoms with Crippen molar-refractivity contribution in [1.82, 2.24) is 9.78 Å². The highest BCUT2D eigenvalue weighted by Crippen LogP contribution is 2.27. The maximum atomic E-state index is 12.5. The Hall–Kier alpha value is -1.52. The first-order chi connectivity index (χ1) is 9.97. The number of halogens is 2. The number of nitrogens with zero attached hydrogens (tertiary/aromatic N) is 2. The molecule has 6 heteroatoms. The molecule has 0 amide bonds. The van der Waals surface area contributed by atoms with Gasteiger partial charge in [0.25, 0.3) is 0 Å². The van der Waals surface area contributed by atoms with Crippen LogP contribution >= 0.6 is 23.2 Å². The monoisotopic (exact) mass is 326 g/mol. The lowest BCUT2D eigenvalue weighted by Gasteiger charge is -2.08. The summed E-state index contributed by atoms with van der Waals surface area (Å²) < 4.78 is 6.86. The van der Waals surface area contributed by atoms with E-state index < -0.39 is 0 Å². The molecule has 0 aliphatic rings. The van der Waals surface area contributed by atoms with Gasteiger partial charge in [-0.05, 0) is 24.6 Å². The topological polar surface area (TPSA) is 44.1 Å². The van der Waals surface area contributed by atoms with E-state index in [1.54, 1.807) is 29.9 Å². The van der Waals surface area contributed by atoms with Crippen LogP contribution in [0, 0.1) is 0 Å². The zero-order valence-electron chi connectivity index (χ0n) is 12.1. The lowest BCUT2D eigenvalue weighted by molar-refractivity contribution is 0.0988. The van der Waals surface area contributed by atoms with Gasteiger partial charge >= 0.3 is 0 Å². The smallest absolute Gasteiger partial charge is 0.172 e. The highest BCUT2D eigenvalue weighted by atomic mass is 35.5. The summed E-state index contributed by atoms with van der Waals surface area (Å²) in [6.45, 7) is 1.97. The van der Waals surface area contributed by atoms with Crippen LogP contribution in [0.25, 0.3) is 0 Å². The zero-order chi connectivity index (χ0) is 15.6. The fourth-order valence-corrected chi connectivity index (χ4v) is 2.69. The highest BCUT2D eigenvalue weighted by molar-refractivity contribution is 6.32. The molecule has 1 aromatic carbocycles. The van der Waals surface area contributed by atoms with Gasteiger partial charge in [-0.3, -0.25) is 9.48 Å². The summed E-state index contributed by atoms with van der Waals surface area (Å²) in [6.07, 6.45) is 0.875. The molecule has 2 aromatic rings. The standard InChI is InChI=1S/C15H16Cl2N2O2/c1-4-11-15(17)12(19(2)18-11)8-13(20)10-7-9(16)5-6-14(10)21-3/h5-7H,4,8H2,1-3H3. The van der Waals surface area contributed by atoms with Crippen LogP contribution in [0.3, 0.4) is 0 Å². The highest BCUT2D eigenvalue weighted by Gasteiger charge is 2.19. The van der Waals surface area contributed by atoms with Crippen LogP contribution in [0.15, 0.2) is 18.2 Å². The van der Waals surface area contributed by atoms with E-state index in [0.717, 1.165) is 12.1 Å². The fraction of sp³-hybridized carbons (Fsp3) is 0.333. The van der Waals surface area contributed by atoms with Crippen LogP contribution < -0.4 is 4.74 Å². The molecule has 0 N–H and O–H groups in total. The minimum Gasteiger partial charge on any atom is -0.496 e. The average Bonchev–Trinajstić information content (AvgIpc) is 2.74. The van der Waals surface area contributed by atoms with Gasteiger partial charge in [-0.15, -0.1) is 0 Å². The zero-order valence-corrected chi connectivity index (χ0v) is 13.6. The number of hydrogen-bond acceptors (Lipinski definition) is 3. The summed E-state index contributed by atoms with van der Waals surface area (Å²) in [6, 6.07) is 4.97. The van der Waals surface area contributed by atoms with Crippen molar-refractivity contribution < 1.29 is 9.53 Å². The van der Waals surface area contributed by atoms with Crippen molar-refractivity contribution in [2.24, 2.45) is 7.05 Å². The van der Waals surface area contributed by atoms with E-state index in [1.165, 1.54) is 7.11 Å². The van der Waals surface area contributed by atoms with Crippen LogP contribution in [-0.4, -0.2) is 22.7 Å². The molecule has 0 bridgehead atoms. The van der Waals surface area contributed by atoms with Gasteiger partial charge in [-0.2, -0.15) is 5.10 Å². The normalized spacial score (nSPS) is 10.7. The molecule has 0 atom stereocenters. The second-order valence-electron chi connectivity index (χ2n) is 4.63. The third-order valence-corrected chi connectivity index (χ3v) is 3.96. The van der Waals surface area contributed by atoms with Crippen LogP contribution in [0.5, 0.6) is 5.75 Å². The van der Waals surface area contributed by atoms with Crippen molar-refractivity contribution in [3.8, 4) is 5.75 Å². The van der Waals surface area contributed by atoms with E-state index in [2.05, 4.69) is 5.10 Å². The molecule has 4 nitrogen and oxygen atoms in total. The third kappa shape index (κ3) is 3.22. The number of benzene rings is 1. The van der Waals surface area contributed by atoms with Gasteiger partial charge in [0.2, 0.25) is 0 Å². The summed E-state index contributed by atoms with van der Waals surface area (Å²) in [5.74, 6) is 0.389. The van der Waals surface area contributed by atoms with Crippen molar-refractivity contribution in [3.63, 3.8) is 0 Å². The number of carbonyl (C=O) groups excluding carboxylic acids is 1. The first kappa shape index (κ1) is 15.9. The molecule has 0 saturated carbocycles. The van der Waals surface area contributed by atoms with Gasteiger partial charge in [0.15, 0.2) is 5.78 Å². The Balaban J connectivity index is 2.34. The van der Waals surface area contributed by atoms with Gasteiger partial charge in [0.1, 0.15) is 5.75 Å². The van der Waals surface area contributed by atoms with Gasteiger partial charge in [0, 0.05) is 12.1 Å². The molecule has 0 fully saturated rings. The Kier molecular flexibility index (Phi) is 4.91. The maximum Gasteiger partial charge on any atom is 0.172 e. The lowest BCUT2D eigenvalue weighted by Crippen LogP contribution is -2.09. The molecular weight excluding hydrogens is 311 g/mol. The molecular formula is C15H16Cl2N2O2. The van der Waals surface area contributed by atoms with Gasteiger partial charge in [0.05, 0.1) is 35.5 Å². The van der Waals surface area contributed by atoms with E-state index in [-0.39, 0.29) is 12.2 Å². The number of methoxy groups -OCH3 is 1. The first-order valence-corrected chi connectivity index (χ1v) is 7.30. The van der Waals surface area contributed by atoms with E-state index in [0.29, 0.717) is 27.1 Å². The quantitative estimate of drug-likeness (QED) is 0.786. The van der Waals surface area contributed by atoms with Crippen LogP contribution in [-0.2, 0) is 19.9 Å². The van der Waals surface area contributed by atoms with E-state index in [4.69, 9.17) is 27.9 Å². The minimum atomic E-state index is -0.109. The summed E-state index contributed by atoms with van der Waals surface area (Å²) in [7, 11) is 3.30. The number of aromatic nitrogens is 2. The third-order valence-electron chi connectivity index (χ3n) is 3.29. The largest absolute Gasteiger partial charge is 0.496 e. The van der Waals surface area contributed by atoms with E-state index >= 15 is 0 Å². The SMILES string of the molecule is CCc1nn(C)c(CC(=O)c2cc(Cl)ccc2OC)c1Cl. The predicted molar refractivity (Wildman–Crippen MR) is 83.6 cm³/mol. The summed E-state index contributed by atoms with van der Waals surface area (Å²) in [5, 5.41) is 5.35. The fourth-order valence-electron chi connectivity index (χ4n) is 2.16. The molecule has 0 aliphatic heterocycles. The lowest BCUT2D eigenvalue weighted by atomic mass is 10.0. The number of aryl methyl sites for hydroxylation is 2.